The molecule has 0 saturated heterocycles. The topological polar surface area (TPSA) is 70.2 Å². The molecule has 98 valence electrons. The molecule has 0 fully saturated rings. The Morgan fingerprint density at radius 2 is 2.18 bits per heavy atom. The molecule has 17 heavy (non-hydrogen) atoms. The van der Waals surface area contributed by atoms with Crippen LogP contribution in [0.1, 0.15) is 13.8 Å². The van der Waals surface area contributed by atoms with Crippen LogP contribution in [0.4, 0.5) is 4.79 Å². The molecule has 0 bridgehead atoms. The molecule has 1 unspecified atom stereocenters. The summed E-state index contributed by atoms with van der Waals surface area (Å²) in [7, 11) is 0. The van der Waals surface area contributed by atoms with Crippen molar-refractivity contribution in [3.8, 4) is 0 Å². The molecule has 5 nitrogen and oxygen atoms in total. The molecule has 1 atom stereocenters. The first-order valence-electron chi connectivity index (χ1n) is 5.62. The summed E-state index contributed by atoms with van der Waals surface area (Å²) in [6.45, 7) is 8.37. The largest absolute Gasteiger partial charge is 0.338 e. The van der Waals surface area contributed by atoms with E-state index in [0.29, 0.717) is 6.54 Å². The van der Waals surface area contributed by atoms with Gasteiger partial charge >= 0.3 is 6.03 Å². The number of urea groups is 1. The molecule has 3 N–H and O–H groups in total. The highest BCUT2D eigenvalue weighted by Crippen LogP contribution is 1.97. The van der Waals surface area contributed by atoms with Crippen LogP contribution in [0.15, 0.2) is 12.7 Å². The van der Waals surface area contributed by atoms with Gasteiger partial charge < -0.3 is 10.6 Å². The Kier molecular flexibility index (Phi) is 9.56. The van der Waals surface area contributed by atoms with Crippen LogP contribution in [0.3, 0.4) is 0 Å². The van der Waals surface area contributed by atoms with Crippen molar-refractivity contribution in [2.45, 2.75) is 19.9 Å². The maximum absolute atomic E-state index is 11.5. The third-order valence-corrected chi connectivity index (χ3v) is 2.86. The number of hydrogen-bond donors (Lipinski definition) is 3. The fourth-order valence-electron chi connectivity index (χ4n) is 1.03. The number of imide groups is 1. The van der Waals surface area contributed by atoms with Gasteiger partial charge in [-0.25, -0.2) is 4.79 Å². The second-order valence-corrected chi connectivity index (χ2v) is 4.54. The number of carbonyl (C=O) groups excluding carboxylic acids is 2. The molecule has 0 radical (unpaired) electrons. The van der Waals surface area contributed by atoms with Gasteiger partial charge in [0, 0.05) is 24.6 Å². The van der Waals surface area contributed by atoms with Crippen LogP contribution in [0.5, 0.6) is 0 Å². The summed E-state index contributed by atoms with van der Waals surface area (Å²) in [6.07, 6.45) is 1.84. The van der Waals surface area contributed by atoms with Gasteiger partial charge in [0.15, 0.2) is 0 Å². The summed E-state index contributed by atoms with van der Waals surface area (Å²) in [5, 5.41) is 7.80. The van der Waals surface area contributed by atoms with E-state index in [1.807, 2.05) is 6.08 Å². The van der Waals surface area contributed by atoms with Gasteiger partial charge in [-0.1, -0.05) is 6.08 Å². The minimum atomic E-state index is -0.452. The van der Waals surface area contributed by atoms with E-state index in [1.165, 1.54) is 0 Å². The molecule has 0 saturated carbocycles. The average Bonchev–Trinajstić information content (AvgIpc) is 2.28. The maximum atomic E-state index is 11.5. The van der Waals surface area contributed by atoms with E-state index < -0.39 is 6.03 Å². The lowest BCUT2D eigenvalue weighted by Gasteiger charge is -2.13. The molecule has 3 amide bonds. The summed E-state index contributed by atoms with van der Waals surface area (Å²) in [5.74, 6) is 1.50. The van der Waals surface area contributed by atoms with Gasteiger partial charge in [-0.15, -0.1) is 6.58 Å². The van der Waals surface area contributed by atoms with E-state index in [0.717, 1.165) is 18.1 Å². The fourth-order valence-corrected chi connectivity index (χ4v) is 1.63. The van der Waals surface area contributed by atoms with E-state index in [9.17, 15) is 9.59 Å². The van der Waals surface area contributed by atoms with Gasteiger partial charge in [0.05, 0.1) is 6.04 Å². The molecular formula is C11H21N3O2S. The van der Waals surface area contributed by atoms with E-state index in [2.05, 4.69) is 22.5 Å². The molecule has 0 rings (SSSR count). The smallest absolute Gasteiger partial charge is 0.321 e. The van der Waals surface area contributed by atoms with Gasteiger partial charge in [0.25, 0.3) is 0 Å². The Labute approximate surface area is 107 Å². The number of amides is 3. The number of nitrogens with one attached hydrogen (secondary N) is 3. The van der Waals surface area contributed by atoms with Crippen molar-refractivity contribution in [3.05, 3.63) is 12.7 Å². The Morgan fingerprint density at radius 1 is 1.47 bits per heavy atom. The van der Waals surface area contributed by atoms with Crippen LogP contribution < -0.4 is 16.0 Å². The second kappa shape index (κ2) is 10.2. The van der Waals surface area contributed by atoms with Crippen molar-refractivity contribution in [2.75, 3.05) is 24.6 Å². The number of hydrogen-bond acceptors (Lipinski definition) is 4. The predicted octanol–water partition coefficient (Wildman–Crippen LogP) is 0.729. The minimum Gasteiger partial charge on any atom is -0.338 e. The van der Waals surface area contributed by atoms with Crippen molar-refractivity contribution >= 4 is 23.7 Å². The summed E-state index contributed by atoms with van der Waals surface area (Å²) in [6, 6.07) is -0.825. The van der Waals surface area contributed by atoms with E-state index in [-0.39, 0.29) is 11.9 Å². The van der Waals surface area contributed by atoms with Crippen LogP contribution in [-0.4, -0.2) is 42.6 Å². The summed E-state index contributed by atoms with van der Waals surface area (Å²) in [5.41, 5.74) is 0. The maximum Gasteiger partial charge on any atom is 0.321 e. The van der Waals surface area contributed by atoms with Gasteiger partial charge in [-0.3, -0.25) is 10.1 Å². The minimum absolute atomic E-state index is 0.315. The molecular weight excluding hydrogens is 238 g/mol. The van der Waals surface area contributed by atoms with E-state index >= 15 is 0 Å². The van der Waals surface area contributed by atoms with Gasteiger partial charge in [0.1, 0.15) is 0 Å². The lowest BCUT2D eigenvalue weighted by Crippen LogP contribution is -2.48. The van der Waals surface area contributed by atoms with Gasteiger partial charge in [0.2, 0.25) is 5.91 Å². The summed E-state index contributed by atoms with van der Waals surface area (Å²) in [4.78, 5) is 22.6. The van der Waals surface area contributed by atoms with Crippen molar-refractivity contribution < 1.29 is 9.59 Å². The summed E-state index contributed by atoms with van der Waals surface area (Å²) >= 11 is 1.74. The van der Waals surface area contributed by atoms with E-state index in [1.54, 1.807) is 25.6 Å². The monoisotopic (exact) mass is 259 g/mol. The third-order valence-electron chi connectivity index (χ3n) is 1.90. The first kappa shape index (κ1) is 16.0. The molecule has 0 aliphatic heterocycles. The SMILES string of the molecule is C=CCSCCNC(C)C(=O)NC(=O)NCC. The molecule has 0 spiro atoms. The Balaban J connectivity index is 3.66. The van der Waals surface area contributed by atoms with Crippen molar-refractivity contribution in [3.63, 3.8) is 0 Å². The highest BCUT2D eigenvalue weighted by atomic mass is 32.2. The molecule has 6 heteroatoms. The Bertz CT molecular complexity index is 259. The molecule has 0 aromatic carbocycles. The van der Waals surface area contributed by atoms with Crippen LogP contribution in [0, 0.1) is 0 Å². The highest BCUT2D eigenvalue weighted by Gasteiger charge is 2.13. The van der Waals surface area contributed by atoms with Crippen molar-refractivity contribution in [2.24, 2.45) is 0 Å². The first-order valence-corrected chi connectivity index (χ1v) is 6.78. The molecule has 0 aromatic rings. The quantitative estimate of drug-likeness (QED) is 0.444. The third kappa shape index (κ3) is 8.76. The molecule has 0 aliphatic rings. The lowest BCUT2D eigenvalue weighted by atomic mass is 10.3. The second-order valence-electron chi connectivity index (χ2n) is 3.39. The number of thioether (sulfide) groups is 1. The number of carbonyl (C=O) groups is 2. The molecule has 0 aliphatic carbocycles. The molecule has 0 heterocycles. The van der Waals surface area contributed by atoms with Crippen molar-refractivity contribution in [1.82, 2.24) is 16.0 Å². The van der Waals surface area contributed by atoms with Gasteiger partial charge in [-0.2, -0.15) is 11.8 Å². The standard InChI is InChI=1S/C11H21N3O2S/c1-4-7-17-8-6-13-9(3)10(15)14-11(16)12-5-2/h4,9,13H,1,5-8H2,2-3H3,(H2,12,14,15,16). The van der Waals surface area contributed by atoms with Crippen LogP contribution in [0.2, 0.25) is 0 Å². The zero-order chi connectivity index (χ0) is 13.1. The van der Waals surface area contributed by atoms with Crippen molar-refractivity contribution in [1.29, 1.82) is 0 Å². The predicted molar refractivity (Wildman–Crippen MR) is 72.2 cm³/mol. The van der Waals surface area contributed by atoms with E-state index in [4.69, 9.17) is 0 Å². The lowest BCUT2D eigenvalue weighted by molar-refractivity contribution is -0.121. The normalized spacial score (nSPS) is 11.6. The average molecular weight is 259 g/mol. The number of rotatable bonds is 8. The van der Waals surface area contributed by atoms with Crippen LogP contribution in [-0.2, 0) is 4.79 Å². The summed E-state index contributed by atoms with van der Waals surface area (Å²) < 4.78 is 0. The Hall–Kier alpha value is -1.01. The fraction of sp³-hybridized carbons (Fsp3) is 0.636. The Morgan fingerprint density at radius 3 is 2.76 bits per heavy atom. The van der Waals surface area contributed by atoms with Gasteiger partial charge in [-0.05, 0) is 13.8 Å². The highest BCUT2D eigenvalue weighted by molar-refractivity contribution is 7.99. The van der Waals surface area contributed by atoms with Crippen LogP contribution >= 0.6 is 11.8 Å². The first-order chi connectivity index (χ1) is 8.11. The zero-order valence-corrected chi connectivity index (χ0v) is 11.2. The zero-order valence-electron chi connectivity index (χ0n) is 10.4. The van der Waals surface area contributed by atoms with Crippen LogP contribution in [0.25, 0.3) is 0 Å². The molecule has 0 aromatic heterocycles.